The molecule has 10 heteroatoms. The summed E-state index contributed by atoms with van der Waals surface area (Å²) < 4.78 is 14.2. The van der Waals surface area contributed by atoms with Gasteiger partial charge in [0.25, 0.3) is 13.4 Å². The molecule has 0 bridgehead atoms. The highest BCUT2D eigenvalue weighted by Crippen LogP contribution is 2.54. The molecule has 0 aliphatic carbocycles. The molecule has 5 aliphatic heterocycles. The summed E-state index contributed by atoms with van der Waals surface area (Å²) in [6.07, 6.45) is 0. The standard InChI is InChI=1S/C84H56B2N6O2/c1-8-28-57(29-9-1)87(58-30-10-2-11-31-58)65-50-76-83-77(51-65)90(62-38-18-6-19-39-62)74-56-75-70(55-69(74)85(83)67-42-22-23-43-71(67)89(76)61-36-16-5-17-37-61)86-68-49-48-64(92-72-44-24-26-46-79(72)93-80-47-27-25-45-73(80)92)53-81(68)94-82-54-66(52-78(84(82)86)91(75)63-40-20-7-21-41-63)88(59-32-12-3-13-33-59)60-34-14-4-15-35-60/h1-56H. The van der Waals surface area contributed by atoms with Crippen LogP contribution in [0, 0.1) is 0 Å². The zero-order valence-electron chi connectivity index (χ0n) is 51.0. The lowest BCUT2D eigenvalue weighted by molar-refractivity contribution is 0.476. The Labute approximate surface area is 547 Å². The van der Waals surface area contributed by atoms with Crippen molar-refractivity contribution in [3.63, 3.8) is 0 Å². The van der Waals surface area contributed by atoms with E-state index in [9.17, 15) is 0 Å². The average Bonchev–Trinajstić information content (AvgIpc) is 0.689. The summed E-state index contributed by atoms with van der Waals surface area (Å²) in [5, 5.41) is 0. The Kier molecular flexibility index (Phi) is 12.3. The summed E-state index contributed by atoms with van der Waals surface area (Å²) in [6, 6.07) is 123. The molecule has 5 heterocycles. The van der Waals surface area contributed by atoms with Crippen LogP contribution in [-0.4, -0.2) is 13.4 Å². The van der Waals surface area contributed by atoms with E-state index in [0.717, 1.165) is 136 Å². The van der Waals surface area contributed by atoms with Gasteiger partial charge in [-0.05, 0) is 178 Å². The number of benzene rings is 14. The molecule has 0 atom stereocenters. The van der Waals surface area contributed by atoms with Crippen molar-refractivity contribution < 1.29 is 9.47 Å². The summed E-state index contributed by atoms with van der Waals surface area (Å²) in [6.45, 7) is -0.471. The lowest BCUT2D eigenvalue weighted by atomic mass is 9.30. The normalized spacial score (nSPS) is 13.1. The van der Waals surface area contributed by atoms with E-state index < -0.39 is 0 Å². The Hall–Kier alpha value is -12.4. The Balaban J connectivity index is 0.910. The van der Waals surface area contributed by atoms with Gasteiger partial charge in [0, 0.05) is 86.1 Å². The fourth-order valence-corrected chi connectivity index (χ4v) is 15.3. The van der Waals surface area contributed by atoms with Gasteiger partial charge in [-0.1, -0.05) is 182 Å². The average molecular weight is 1200 g/mol. The number of ether oxygens (including phenoxy) is 2. The van der Waals surface area contributed by atoms with Gasteiger partial charge in [-0.2, -0.15) is 0 Å². The van der Waals surface area contributed by atoms with Gasteiger partial charge in [-0.15, -0.1) is 0 Å². The van der Waals surface area contributed by atoms with Crippen LogP contribution in [0.15, 0.2) is 340 Å². The fourth-order valence-electron chi connectivity index (χ4n) is 15.3. The molecule has 0 amide bonds. The number of hydrogen-bond donors (Lipinski definition) is 0. The quantitative estimate of drug-likeness (QED) is 0.125. The number of nitrogens with zero attached hydrogens (tertiary/aromatic N) is 6. The molecule has 0 N–H and O–H groups in total. The third-order valence-corrected chi connectivity index (χ3v) is 19.1. The first-order valence-corrected chi connectivity index (χ1v) is 32.1. The van der Waals surface area contributed by atoms with Crippen LogP contribution >= 0.6 is 0 Å². The van der Waals surface area contributed by atoms with E-state index in [-0.39, 0.29) is 13.4 Å². The summed E-state index contributed by atoms with van der Waals surface area (Å²) in [4.78, 5) is 14.6. The molecule has 0 aromatic heterocycles. The van der Waals surface area contributed by atoms with Gasteiger partial charge < -0.3 is 38.9 Å². The van der Waals surface area contributed by atoms with Crippen LogP contribution in [0.5, 0.6) is 23.0 Å². The highest BCUT2D eigenvalue weighted by molar-refractivity contribution is 7.02. The van der Waals surface area contributed by atoms with Crippen LogP contribution in [0.2, 0.25) is 0 Å². The molecule has 14 aromatic carbocycles. The molecule has 19 rings (SSSR count). The molecule has 14 aromatic rings. The van der Waals surface area contributed by atoms with Crippen molar-refractivity contribution in [2.75, 3.05) is 29.4 Å². The predicted octanol–water partition coefficient (Wildman–Crippen LogP) is 18.7. The minimum atomic E-state index is -0.276. The monoisotopic (exact) mass is 1200 g/mol. The predicted molar refractivity (Wildman–Crippen MR) is 390 cm³/mol. The van der Waals surface area contributed by atoms with Crippen LogP contribution in [0.3, 0.4) is 0 Å². The maximum atomic E-state index is 7.66. The highest BCUT2D eigenvalue weighted by atomic mass is 16.5. The van der Waals surface area contributed by atoms with Crippen molar-refractivity contribution in [1.82, 2.24) is 0 Å². The van der Waals surface area contributed by atoms with E-state index in [4.69, 9.17) is 9.47 Å². The van der Waals surface area contributed by atoms with Gasteiger partial charge in [0.05, 0.1) is 28.4 Å². The zero-order chi connectivity index (χ0) is 61.8. The lowest BCUT2D eigenvalue weighted by Gasteiger charge is -2.46. The second-order valence-electron chi connectivity index (χ2n) is 24.4. The van der Waals surface area contributed by atoms with Crippen LogP contribution in [-0.2, 0) is 0 Å². The largest absolute Gasteiger partial charge is 0.458 e. The van der Waals surface area contributed by atoms with Gasteiger partial charge in [0.1, 0.15) is 11.5 Å². The Bertz CT molecular complexity index is 5140. The molecule has 0 saturated heterocycles. The molecule has 0 saturated carbocycles. The number of rotatable bonds is 10. The summed E-state index contributed by atoms with van der Waals surface area (Å²) in [5.41, 5.74) is 25.9. The van der Waals surface area contributed by atoms with E-state index in [1.165, 1.54) is 21.9 Å². The Morgan fingerprint density at radius 3 is 1.04 bits per heavy atom. The molecule has 8 nitrogen and oxygen atoms in total. The molecule has 94 heavy (non-hydrogen) atoms. The van der Waals surface area contributed by atoms with Crippen LogP contribution < -0.4 is 71.7 Å². The Morgan fingerprint density at radius 1 is 0.202 bits per heavy atom. The first-order chi connectivity index (χ1) is 46.7. The van der Waals surface area contributed by atoms with E-state index in [0.29, 0.717) is 0 Å². The highest BCUT2D eigenvalue weighted by Gasteiger charge is 2.49. The first kappa shape index (κ1) is 53.4. The van der Waals surface area contributed by atoms with Crippen LogP contribution in [0.1, 0.15) is 0 Å². The first-order valence-electron chi connectivity index (χ1n) is 32.1. The minimum Gasteiger partial charge on any atom is -0.458 e. The number of para-hydroxylation sites is 12. The SMILES string of the molecule is c1ccc(N(c2ccccc2)c2cc3c4c(c2)N(c2ccccc2)c2cc5c(cc2B4c2ccc(N4c6ccccc6Oc6ccccc64)cc2O3)B2c3ccccc3N(c3ccccc3)c3cc(N(c4ccccc4)c4ccccc4)cc(c32)N5c2ccccc2)cc1. The van der Waals surface area contributed by atoms with Crippen LogP contribution in [0.25, 0.3) is 0 Å². The summed E-state index contributed by atoms with van der Waals surface area (Å²) >= 11 is 0. The van der Waals surface area contributed by atoms with E-state index in [1.54, 1.807) is 0 Å². The van der Waals surface area contributed by atoms with Gasteiger partial charge in [0.2, 0.25) is 0 Å². The molecular weight excluding hydrogens is 1150 g/mol. The third-order valence-electron chi connectivity index (χ3n) is 19.1. The summed E-state index contributed by atoms with van der Waals surface area (Å²) in [5.74, 6) is 3.16. The van der Waals surface area contributed by atoms with Crippen LogP contribution in [0.4, 0.5) is 102 Å². The molecule has 0 spiro atoms. The maximum Gasteiger partial charge on any atom is 0.256 e. The molecule has 5 aliphatic rings. The molecular formula is C84H56B2N6O2. The lowest BCUT2D eigenvalue weighted by Crippen LogP contribution is -2.64. The van der Waals surface area contributed by atoms with Crippen molar-refractivity contribution in [1.29, 1.82) is 0 Å². The van der Waals surface area contributed by atoms with Gasteiger partial charge in [-0.25, -0.2) is 0 Å². The molecule has 0 fully saturated rings. The molecule has 0 radical (unpaired) electrons. The second kappa shape index (κ2) is 21.7. The van der Waals surface area contributed by atoms with E-state index >= 15 is 0 Å². The maximum absolute atomic E-state index is 7.66. The topological polar surface area (TPSA) is 37.9 Å². The number of fused-ring (bicyclic) bond motifs is 10. The van der Waals surface area contributed by atoms with Crippen molar-refractivity contribution in [3.05, 3.63) is 340 Å². The van der Waals surface area contributed by atoms with E-state index in [1.807, 2.05) is 24.3 Å². The second-order valence-corrected chi connectivity index (χ2v) is 24.4. The number of hydrogen-bond acceptors (Lipinski definition) is 8. The fraction of sp³-hybridized carbons (Fsp3) is 0. The minimum absolute atomic E-state index is 0.195. The van der Waals surface area contributed by atoms with Gasteiger partial charge in [-0.3, -0.25) is 0 Å². The summed E-state index contributed by atoms with van der Waals surface area (Å²) in [7, 11) is 0. The molecule has 440 valence electrons. The van der Waals surface area contributed by atoms with Crippen molar-refractivity contribution >= 4 is 149 Å². The Morgan fingerprint density at radius 2 is 0.564 bits per heavy atom. The number of anilines is 18. The van der Waals surface area contributed by atoms with Gasteiger partial charge in [0.15, 0.2) is 11.5 Å². The smallest absolute Gasteiger partial charge is 0.256 e. The van der Waals surface area contributed by atoms with Crippen molar-refractivity contribution in [2.24, 2.45) is 0 Å². The van der Waals surface area contributed by atoms with Gasteiger partial charge >= 0.3 is 0 Å². The molecule has 0 unspecified atom stereocenters. The van der Waals surface area contributed by atoms with E-state index in [2.05, 4.69) is 345 Å². The van der Waals surface area contributed by atoms with Crippen molar-refractivity contribution in [3.8, 4) is 23.0 Å². The van der Waals surface area contributed by atoms with Crippen molar-refractivity contribution in [2.45, 2.75) is 0 Å². The third kappa shape index (κ3) is 8.43. The zero-order valence-corrected chi connectivity index (χ0v) is 51.0.